The quantitative estimate of drug-likeness (QED) is 0.571. The number of guanidine groups is 1. The first-order valence-corrected chi connectivity index (χ1v) is 7.03. The summed E-state index contributed by atoms with van der Waals surface area (Å²) in [5.74, 6) is 0.104. The zero-order chi connectivity index (χ0) is 15.0. The first-order valence-electron chi connectivity index (χ1n) is 7.03. The third-order valence-electron chi connectivity index (χ3n) is 3.00. The minimum atomic E-state index is -0.353. The Kier molecular flexibility index (Phi) is 6.56. The van der Waals surface area contributed by atoms with Gasteiger partial charge in [0.2, 0.25) is 0 Å². The third-order valence-corrected chi connectivity index (χ3v) is 3.00. The van der Waals surface area contributed by atoms with Crippen LogP contribution in [0.5, 0.6) is 0 Å². The van der Waals surface area contributed by atoms with Gasteiger partial charge in [-0.15, -0.1) is 0 Å². The molecule has 2 amide bonds. The molecule has 0 aliphatic heterocycles. The fraction of sp³-hybridized carbons (Fsp3) is 0.467. The summed E-state index contributed by atoms with van der Waals surface area (Å²) in [4.78, 5) is 15.6. The molecule has 0 atom stereocenters. The van der Waals surface area contributed by atoms with E-state index in [1.807, 2.05) is 6.07 Å². The number of benzene rings is 1. The summed E-state index contributed by atoms with van der Waals surface area (Å²) in [6.45, 7) is 4.25. The van der Waals surface area contributed by atoms with Crippen LogP contribution in [-0.4, -0.2) is 19.0 Å². The molecule has 0 saturated heterocycles. The Bertz CT molecular complexity index is 459. The smallest absolute Gasteiger partial charge is 0.326 e. The molecule has 5 heteroatoms. The Balaban J connectivity index is 2.97. The van der Waals surface area contributed by atoms with Gasteiger partial charge in [0.1, 0.15) is 0 Å². The largest absolute Gasteiger partial charge is 0.370 e. The number of aryl methyl sites for hydroxylation is 2. The van der Waals surface area contributed by atoms with Crippen molar-refractivity contribution < 1.29 is 4.79 Å². The minimum Gasteiger partial charge on any atom is -0.370 e. The van der Waals surface area contributed by atoms with Gasteiger partial charge in [-0.3, -0.25) is 10.3 Å². The van der Waals surface area contributed by atoms with Crippen molar-refractivity contribution in [3.8, 4) is 0 Å². The number of nitrogens with two attached hydrogens (primary N) is 1. The fourth-order valence-corrected chi connectivity index (χ4v) is 2.09. The molecular weight excluding hydrogens is 252 g/mol. The second kappa shape index (κ2) is 8.19. The summed E-state index contributed by atoms with van der Waals surface area (Å²) in [6, 6.07) is 5.79. The number of hydrogen-bond acceptors (Lipinski definition) is 2. The summed E-state index contributed by atoms with van der Waals surface area (Å²) < 4.78 is 0. The standard InChI is InChI=1S/C15H24N4O/c1-4-7-11-9-6-10-12(8-5-2)13(11)18-15(20)19-14(16)17-3/h6,9-10H,4-5,7-8H2,1-3H3,(H4,16,17,18,19,20). The van der Waals surface area contributed by atoms with Gasteiger partial charge < -0.3 is 11.1 Å². The number of anilines is 1. The van der Waals surface area contributed by atoms with Crippen molar-refractivity contribution in [2.45, 2.75) is 39.5 Å². The highest BCUT2D eigenvalue weighted by Gasteiger charge is 2.11. The molecular formula is C15H24N4O. The average Bonchev–Trinajstić information content (AvgIpc) is 2.42. The van der Waals surface area contributed by atoms with Crippen LogP contribution in [-0.2, 0) is 12.8 Å². The van der Waals surface area contributed by atoms with Gasteiger partial charge >= 0.3 is 6.03 Å². The average molecular weight is 276 g/mol. The molecule has 0 fully saturated rings. The minimum absolute atomic E-state index is 0.104. The number of nitrogens with one attached hydrogen (secondary N) is 2. The summed E-state index contributed by atoms with van der Waals surface area (Å²) in [6.07, 6.45) is 3.93. The van der Waals surface area contributed by atoms with Crippen molar-refractivity contribution in [2.24, 2.45) is 10.7 Å². The SMILES string of the molecule is CCCc1cccc(CCC)c1NC(=O)NC(N)=NC. The summed E-state index contributed by atoms with van der Waals surface area (Å²) in [5.41, 5.74) is 8.71. The predicted molar refractivity (Wildman–Crippen MR) is 84.1 cm³/mol. The van der Waals surface area contributed by atoms with Crippen LogP contribution in [0.25, 0.3) is 0 Å². The lowest BCUT2D eigenvalue weighted by Crippen LogP contribution is -2.39. The molecule has 0 saturated carbocycles. The highest BCUT2D eigenvalue weighted by molar-refractivity contribution is 6.02. The second-order valence-corrected chi connectivity index (χ2v) is 4.64. The molecule has 0 aromatic heterocycles. The second-order valence-electron chi connectivity index (χ2n) is 4.64. The molecule has 0 unspecified atom stereocenters. The highest BCUT2D eigenvalue weighted by Crippen LogP contribution is 2.24. The normalized spacial score (nSPS) is 11.2. The van der Waals surface area contributed by atoms with E-state index in [-0.39, 0.29) is 12.0 Å². The van der Waals surface area contributed by atoms with E-state index < -0.39 is 0 Å². The summed E-state index contributed by atoms with van der Waals surface area (Å²) >= 11 is 0. The van der Waals surface area contributed by atoms with Crippen LogP contribution in [0, 0.1) is 0 Å². The molecule has 0 heterocycles. The van der Waals surface area contributed by atoms with Crippen LogP contribution >= 0.6 is 0 Å². The van der Waals surface area contributed by atoms with Crippen LogP contribution in [0.4, 0.5) is 10.5 Å². The lowest BCUT2D eigenvalue weighted by Gasteiger charge is -2.15. The predicted octanol–water partition coefficient (Wildman–Crippen LogP) is 2.66. The molecule has 20 heavy (non-hydrogen) atoms. The van der Waals surface area contributed by atoms with Gasteiger partial charge in [0.15, 0.2) is 5.96 Å². The molecule has 0 radical (unpaired) electrons. The monoisotopic (exact) mass is 276 g/mol. The molecule has 0 aliphatic carbocycles. The van der Waals surface area contributed by atoms with Crippen LogP contribution in [0.3, 0.4) is 0 Å². The number of carbonyl (C=O) groups excluding carboxylic acids is 1. The van der Waals surface area contributed by atoms with Gasteiger partial charge in [0.25, 0.3) is 0 Å². The molecule has 5 nitrogen and oxygen atoms in total. The number of amides is 2. The highest BCUT2D eigenvalue weighted by atomic mass is 16.2. The summed E-state index contributed by atoms with van der Waals surface area (Å²) in [5, 5.41) is 5.40. The number of hydrogen-bond donors (Lipinski definition) is 3. The maximum atomic E-state index is 11.9. The maximum Gasteiger partial charge on any atom is 0.326 e. The lowest BCUT2D eigenvalue weighted by molar-refractivity contribution is 0.256. The Morgan fingerprint density at radius 1 is 1.20 bits per heavy atom. The zero-order valence-electron chi connectivity index (χ0n) is 12.5. The number of nitrogens with zero attached hydrogens (tertiary/aromatic N) is 1. The Morgan fingerprint density at radius 2 is 1.75 bits per heavy atom. The first-order chi connectivity index (χ1) is 9.62. The molecule has 0 spiro atoms. The van der Waals surface area contributed by atoms with E-state index in [1.54, 1.807) is 0 Å². The molecule has 0 bridgehead atoms. The number of rotatable bonds is 5. The van der Waals surface area contributed by atoms with E-state index in [1.165, 1.54) is 7.05 Å². The molecule has 1 aromatic carbocycles. The van der Waals surface area contributed by atoms with Crippen molar-refractivity contribution in [3.05, 3.63) is 29.3 Å². The van der Waals surface area contributed by atoms with E-state index in [0.29, 0.717) is 0 Å². The molecule has 110 valence electrons. The first kappa shape index (κ1) is 16.0. The van der Waals surface area contributed by atoms with E-state index in [0.717, 1.165) is 42.5 Å². The Hall–Kier alpha value is -2.04. The Labute approximate surface area is 120 Å². The van der Waals surface area contributed by atoms with Gasteiger partial charge in [-0.05, 0) is 24.0 Å². The van der Waals surface area contributed by atoms with Gasteiger partial charge in [0.05, 0.1) is 0 Å². The van der Waals surface area contributed by atoms with Gasteiger partial charge in [-0.25, -0.2) is 4.79 Å². The van der Waals surface area contributed by atoms with Gasteiger partial charge in [-0.2, -0.15) is 0 Å². The molecule has 1 aromatic rings. The van der Waals surface area contributed by atoms with Gasteiger partial charge in [-0.1, -0.05) is 44.9 Å². The molecule has 4 N–H and O–H groups in total. The van der Waals surface area contributed by atoms with E-state index in [9.17, 15) is 4.79 Å². The topological polar surface area (TPSA) is 79.5 Å². The third kappa shape index (κ3) is 4.57. The Morgan fingerprint density at radius 3 is 2.20 bits per heavy atom. The molecule has 1 rings (SSSR count). The maximum absolute atomic E-state index is 11.9. The molecule has 0 aliphatic rings. The van der Waals surface area contributed by atoms with Crippen LogP contribution in [0.1, 0.15) is 37.8 Å². The van der Waals surface area contributed by atoms with Crippen LogP contribution < -0.4 is 16.4 Å². The summed E-state index contributed by atoms with van der Waals surface area (Å²) in [7, 11) is 1.53. The van der Waals surface area contributed by atoms with Crippen molar-refractivity contribution in [3.63, 3.8) is 0 Å². The van der Waals surface area contributed by atoms with Crippen molar-refractivity contribution in [1.29, 1.82) is 0 Å². The van der Waals surface area contributed by atoms with Crippen molar-refractivity contribution in [2.75, 3.05) is 12.4 Å². The van der Waals surface area contributed by atoms with Gasteiger partial charge in [0, 0.05) is 12.7 Å². The van der Waals surface area contributed by atoms with E-state index in [4.69, 9.17) is 5.73 Å². The number of carbonyl (C=O) groups is 1. The van der Waals surface area contributed by atoms with E-state index >= 15 is 0 Å². The van der Waals surface area contributed by atoms with Crippen LogP contribution in [0.2, 0.25) is 0 Å². The number of aliphatic imine (C=N–C) groups is 1. The fourth-order valence-electron chi connectivity index (χ4n) is 2.09. The zero-order valence-corrected chi connectivity index (χ0v) is 12.5. The van der Waals surface area contributed by atoms with E-state index in [2.05, 4.69) is 41.6 Å². The number of para-hydroxylation sites is 1. The van der Waals surface area contributed by atoms with Crippen molar-refractivity contribution in [1.82, 2.24) is 5.32 Å². The van der Waals surface area contributed by atoms with Crippen LogP contribution in [0.15, 0.2) is 23.2 Å². The number of urea groups is 1. The lowest BCUT2D eigenvalue weighted by atomic mass is 10.0. The van der Waals surface area contributed by atoms with Crippen molar-refractivity contribution >= 4 is 17.7 Å².